The van der Waals surface area contributed by atoms with Crippen LogP contribution in [0, 0.1) is 6.07 Å². The van der Waals surface area contributed by atoms with Crippen LogP contribution in [0.4, 0.5) is 0 Å². The molecule has 1 aromatic rings. The van der Waals surface area contributed by atoms with Gasteiger partial charge in [0.2, 0.25) is 0 Å². The van der Waals surface area contributed by atoms with E-state index < -0.39 is 8.60 Å². The van der Waals surface area contributed by atoms with Crippen molar-refractivity contribution in [3.05, 3.63) is 36.4 Å². The molecule has 56 valence electrons. The fraction of sp³-hybridized carbons (Fsp3) is 0. The first kappa shape index (κ1) is 14.1. The summed E-state index contributed by atoms with van der Waals surface area (Å²) in [6.07, 6.45) is 0. The van der Waals surface area contributed by atoms with Crippen molar-refractivity contribution < 1.29 is 44.2 Å². The second-order valence-electron chi connectivity index (χ2n) is 1.35. The molecular weight excluding hydrogens is 174 g/mol. The molecule has 3 N–H and O–H groups in total. The van der Waals surface area contributed by atoms with Crippen LogP contribution in [0.2, 0.25) is 0 Å². The monoisotopic (exact) mass is 182 g/mol. The van der Waals surface area contributed by atoms with Crippen LogP contribution in [-0.2, 0) is 0 Å². The summed E-state index contributed by atoms with van der Waals surface area (Å²) >= 11 is 0. The van der Waals surface area contributed by atoms with E-state index in [1.165, 1.54) is 0 Å². The van der Waals surface area contributed by atoms with E-state index in [0.717, 1.165) is 0 Å². The minimum atomic E-state index is -2.62. The summed E-state index contributed by atoms with van der Waals surface area (Å²) in [5.74, 6) is 0. The van der Waals surface area contributed by atoms with E-state index in [4.69, 9.17) is 14.7 Å². The van der Waals surface area contributed by atoms with Crippen molar-refractivity contribution in [2.45, 2.75) is 0 Å². The van der Waals surface area contributed by atoms with Crippen LogP contribution in [-0.4, -0.2) is 14.7 Å². The molecule has 0 heterocycles. The summed E-state index contributed by atoms with van der Waals surface area (Å²) in [7, 11) is -2.62. The molecule has 0 saturated carbocycles. The zero-order valence-electron chi connectivity index (χ0n) is 6.18. The Kier molecular flexibility index (Phi) is 13.5. The van der Waals surface area contributed by atoms with Crippen LogP contribution in [0.25, 0.3) is 0 Å². The Balaban J connectivity index is 0. The SMILES string of the molecule is OP(O)O.[Na+].[c-]1ccccc1. The van der Waals surface area contributed by atoms with Gasteiger partial charge in [0, 0.05) is 0 Å². The zero-order chi connectivity index (χ0) is 7.82. The summed E-state index contributed by atoms with van der Waals surface area (Å²) in [5.41, 5.74) is 0. The van der Waals surface area contributed by atoms with Crippen LogP contribution in [0.3, 0.4) is 0 Å². The average molecular weight is 182 g/mol. The Labute approximate surface area is 89.0 Å². The van der Waals surface area contributed by atoms with Crippen molar-refractivity contribution >= 4 is 8.60 Å². The zero-order valence-corrected chi connectivity index (χ0v) is 9.07. The molecule has 0 aliphatic carbocycles. The number of hydrogen-bond donors (Lipinski definition) is 3. The molecule has 1 aromatic carbocycles. The van der Waals surface area contributed by atoms with E-state index in [9.17, 15) is 0 Å². The summed E-state index contributed by atoms with van der Waals surface area (Å²) < 4.78 is 0. The van der Waals surface area contributed by atoms with Gasteiger partial charge in [-0.05, 0) is 0 Å². The Morgan fingerprint density at radius 3 is 1.36 bits per heavy atom. The van der Waals surface area contributed by atoms with Crippen molar-refractivity contribution in [2.75, 3.05) is 0 Å². The molecule has 0 aliphatic rings. The Bertz CT molecular complexity index is 118. The van der Waals surface area contributed by atoms with Gasteiger partial charge in [-0.3, -0.25) is 0 Å². The maximum atomic E-state index is 7.23. The molecule has 0 amide bonds. The van der Waals surface area contributed by atoms with E-state index >= 15 is 0 Å². The van der Waals surface area contributed by atoms with Gasteiger partial charge in [0.25, 0.3) is 0 Å². The average Bonchev–Trinajstić information content (AvgIpc) is 1.90. The smallest absolute Gasteiger partial charge is 0.328 e. The fourth-order valence-electron chi connectivity index (χ4n) is 0.342. The fourth-order valence-corrected chi connectivity index (χ4v) is 0.342. The molecule has 0 spiro atoms. The van der Waals surface area contributed by atoms with E-state index in [1.54, 1.807) is 0 Å². The first-order valence-electron chi connectivity index (χ1n) is 2.51. The number of benzene rings is 1. The number of rotatable bonds is 0. The molecule has 0 bridgehead atoms. The Morgan fingerprint density at radius 2 is 1.27 bits per heavy atom. The van der Waals surface area contributed by atoms with Gasteiger partial charge in [-0.2, -0.15) is 36.4 Å². The summed E-state index contributed by atoms with van der Waals surface area (Å²) in [4.78, 5) is 21.7. The largest absolute Gasteiger partial charge is 1.00 e. The molecule has 0 fully saturated rings. The first-order valence-corrected chi connectivity index (χ1v) is 3.71. The molecule has 11 heavy (non-hydrogen) atoms. The minimum Gasteiger partial charge on any atom is -0.328 e. The standard InChI is InChI=1S/C6H5.Na.H3O3P/c1-2-4-6-5-3-1;;1-4(2)3/h1-5H;;1-3H/q-1;+1;. The summed E-state index contributed by atoms with van der Waals surface area (Å²) in [5, 5.41) is 0. The van der Waals surface area contributed by atoms with Gasteiger partial charge in [-0.25, -0.2) is 0 Å². The van der Waals surface area contributed by atoms with Crippen molar-refractivity contribution in [1.29, 1.82) is 0 Å². The van der Waals surface area contributed by atoms with Gasteiger partial charge in [0.1, 0.15) is 0 Å². The van der Waals surface area contributed by atoms with Gasteiger partial charge in [0.05, 0.1) is 0 Å². The molecule has 0 unspecified atom stereocenters. The van der Waals surface area contributed by atoms with Crippen molar-refractivity contribution in [1.82, 2.24) is 0 Å². The van der Waals surface area contributed by atoms with Crippen LogP contribution in [0.15, 0.2) is 30.3 Å². The number of hydrogen-bond acceptors (Lipinski definition) is 3. The minimum absolute atomic E-state index is 0. The predicted octanol–water partition coefficient (Wildman–Crippen LogP) is -2.32. The topological polar surface area (TPSA) is 60.7 Å². The third-order valence-electron chi connectivity index (χ3n) is 0.607. The first-order chi connectivity index (χ1) is 4.73. The van der Waals surface area contributed by atoms with Gasteiger partial charge >= 0.3 is 38.2 Å². The maximum absolute atomic E-state index is 7.23. The van der Waals surface area contributed by atoms with E-state index in [0.29, 0.717) is 0 Å². The quantitative estimate of drug-likeness (QED) is 0.240. The summed E-state index contributed by atoms with van der Waals surface area (Å²) in [6.45, 7) is 0. The molecule has 0 atom stereocenters. The van der Waals surface area contributed by atoms with Crippen LogP contribution in [0.5, 0.6) is 0 Å². The third-order valence-corrected chi connectivity index (χ3v) is 0.607. The van der Waals surface area contributed by atoms with E-state index in [-0.39, 0.29) is 29.6 Å². The Morgan fingerprint density at radius 1 is 0.909 bits per heavy atom. The van der Waals surface area contributed by atoms with Crippen molar-refractivity contribution in [3.63, 3.8) is 0 Å². The normalized spacial score (nSPS) is 7.64. The van der Waals surface area contributed by atoms with Gasteiger partial charge in [-0.1, -0.05) is 0 Å². The predicted molar refractivity (Wildman–Crippen MR) is 38.9 cm³/mol. The molecule has 1 rings (SSSR count). The molecule has 3 nitrogen and oxygen atoms in total. The van der Waals surface area contributed by atoms with Gasteiger partial charge in [-0.15, -0.1) is 0 Å². The Hall–Kier alpha value is 0.530. The second-order valence-corrected chi connectivity index (χ2v) is 1.88. The molecule has 0 radical (unpaired) electrons. The van der Waals surface area contributed by atoms with Crippen LogP contribution < -0.4 is 29.6 Å². The maximum Gasteiger partial charge on any atom is 1.00 e. The van der Waals surface area contributed by atoms with Crippen LogP contribution >= 0.6 is 8.60 Å². The molecule has 0 aromatic heterocycles. The van der Waals surface area contributed by atoms with Crippen LogP contribution in [0.1, 0.15) is 0 Å². The molecule has 0 aliphatic heterocycles. The third kappa shape index (κ3) is 18.0. The van der Waals surface area contributed by atoms with Crippen molar-refractivity contribution in [3.8, 4) is 0 Å². The van der Waals surface area contributed by atoms with E-state index in [2.05, 4.69) is 6.07 Å². The molecule has 5 heteroatoms. The molecule has 0 saturated heterocycles. The van der Waals surface area contributed by atoms with Crippen molar-refractivity contribution in [2.24, 2.45) is 0 Å². The summed E-state index contributed by atoms with van der Waals surface area (Å²) in [6, 6.07) is 12.5. The van der Waals surface area contributed by atoms with E-state index in [1.807, 2.05) is 30.3 Å². The van der Waals surface area contributed by atoms with Gasteiger partial charge in [0.15, 0.2) is 0 Å². The molecular formula is C6H8NaO3P. The second kappa shape index (κ2) is 10.5. The van der Waals surface area contributed by atoms with Gasteiger partial charge < -0.3 is 14.7 Å².